The molecule has 1 aliphatic carbocycles. The minimum absolute atomic E-state index is 0.0428. The van der Waals surface area contributed by atoms with Crippen molar-refractivity contribution in [3.63, 3.8) is 0 Å². The summed E-state index contributed by atoms with van der Waals surface area (Å²) in [6, 6.07) is 17.0. The van der Waals surface area contributed by atoms with Gasteiger partial charge in [0, 0.05) is 0 Å². The van der Waals surface area contributed by atoms with Crippen molar-refractivity contribution in [1.82, 2.24) is 0 Å². The zero-order valence-corrected chi connectivity index (χ0v) is 32.6. The number of hydrogen-bond acceptors (Lipinski definition) is 0. The van der Waals surface area contributed by atoms with Gasteiger partial charge >= 0.3 is 275 Å². The molecular formula is C37H54I3-. The molecule has 0 N–H and O–H groups in total. The van der Waals surface area contributed by atoms with Gasteiger partial charge in [-0.25, -0.2) is 0 Å². The van der Waals surface area contributed by atoms with Gasteiger partial charge < -0.3 is 0 Å². The quantitative estimate of drug-likeness (QED) is 0.175. The first-order valence-electron chi connectivity index (χ1n) is 16.0. The molecule has 0 nitrogen and oxygen atoms in total. The fraction of sp³-hybridized carbons (Fsp3) is 0.622. The van der Waals surface area contributed by atoms with E-state index in [2.05, 4.69) is 90.6 Å². The van der Waals surface area contributed by atoms with Crippen molar-refractivity contribution in [2.24, 2.45) is 17.3 Å². The first-order chi connectivity index (χ1) is 19.2. The summed E-state index contributed by atoms with van der Waals surface area (Å²) in [4.78, 5) is 0. The number of rotatable bonds is 9. The Balaban J connectivity index is 1.55. The zero-order chi connectivity index (χ0) is 28.5. The number of benzene rings is 2. The fourth-order valence-electron chi connectivity index (χ4n) is 7.32. The Hall–Kier alpha value is 0.370. The van der Waals surface area contributed by atoms with E-state index >= 15 is 0 Å². The molecule has 0 saturated heterocycles. The number of unbranched alkanes of at least 4 members (excludes halogenated alkanes) is 1. The van der Waals surface area contributed by atoms with Gasteiger partial charge in [0.25, 0.3) is 0 Å². The third kappa shape index (κ3) is 6.71. The molecule has 2 aliphatic heterocycles. The second-order valence-corrected chi connectivity index (χ2v) is 32.5. The molecule has 1 saturated carbocycles. The third-order valence-electron chi connectivity index (χ3n) is 9.99. The van der Waals surface area contributed by atoms with Gasteiger partial charge in [-0.1, -0.05) is 0 Å². The van der Waals surface area contributed by atoms with E-state index in [4.69, 9.17) is 0 Å². The number of allylic oxidation sites excluding steroid dienone is 1. The van der Waals surface area contributed by atoms with Crippen LogP contribution in [0.15, 0.2) is 52.6 Å². The van der Waals surface area contributed by atoms with Gasteiger partial charge in [0.15, 0.2) is 0 Å². The molecule has 3 heteroatoms. The molecule has 0 spiro atoms. The SMILES string of the molecule is C=C(CC)I1CCc2ccc3c(c2C1)[I-]C(C)(C1CCC(C(C)(C)C)CC1)I3[C@@H](CCCC)Cc1ccccc1. The molecule has 1 unspecified atom stereocenters. The Morgan fingerprint density at radius 2 is 1.77 bits per heavy atom. The molecule has 3 aliphatic rings. The van der Waals surface area contributed by atoms with E-state index < -0.39 is 39.6 Å². The summed E-state index contributed by atoms with van der Waals surface area (Å²) in [5, 5.41) is 0. The van der Waals surface area contributed by atoms with Crippen molar-refractivity contribution in [3.05, 3.63) is 76.5 Å². The summed E-state index contributed by atoms with van der Waals surface area (Å²) in [6.07, 6.45) is 14.0. The van der Waals surface area contributed by atoms with Crippen LogP contribution in [0.3, 0.4) is 0 Å². The maximum atomic E-state index is 4.60. The first-order valence-corrected chi connectivity index (χ1v) is 25.7. The molecule has 0 amide bonds. The summed E-state index contributed by atoms with van der Waals surface area (Å²) in [7, 11) is 0. The second kappa shape index (κ2) is 13.6. The Morgan fingerprint density at radius 1 is 1.05 bits per heavy atom. The van der Waals surface area contributed by atoms with Crippen molar-refractivity contribution < 1.29 is 21.2 Å². The minimum atomic E-state index is -1.47. The van der Waals surface area contributed by atoms with Gasteiger partial charge in [0.1, 0.15) is 0 Å². The van der Waals surface area contributed by atoms with Crippen LogP contribution >= 0.6 is 39.6 Å². The van der Waals surface area contributed by atoms with E-state index in [-0.39, 0.29) is 21.2 Å². The van der Waals surface area contributed by atoms with E-state index in [1.807, 2.05) is 12.7 Å². The Labute approximate surface area is 271 Å². The standard InChI is InChI=1S/C37H54I3/c1-8-10-16-32(25-28-14-12-11-13-15-28)40-34-22-17-29-23-24-39(27(3)9-2)26-33(29)35(34)38-37(40,7)31-20-18-30(19-21-31)36(4,5)6/h11-15,17,22,30-32H,3,8-10,16,18-21,23-26H2,1-2,4-7H3/q-1/t30?,31?,32-,37?/m0/s1. The van der Waals surface area contributed by atoms with E-state index in [0.29, 0.717) is 6.84 Å². The van der Waals surface area contributed by atoms with Crippen LogP contribution in [0.1, 0.15) is 110 Å². The van der Waals surface area contributed by atoms with Crippen LogP contribution < -0.4 is 21.2 Å². The van der Waals surface area contributed by atoms with Crippen LogP contribution in [0, 0.1) is 24.4 Å². The van der Waals surface area contributed by atoms with Crippen LogP contribution in [0.4, 0.5) is 0 Å². The number of halogens is 3. The molecule has 2 aromatic rings. The van der Waals surface area contributed by atoms with Crippen LogP contribution in [-0.4, -0.2) is 9.78 Å². The molecule has 0 bridgehead atoms. The molecule has 40 heavy (non-hydrogen) atoms. The summed E-state index contributed by atoms with van der Waals surface area (Å²) in [5.74, 6) is 1.88. The van der Waals surface area contributed by atoms with Crippen molar-refractivity contribution in [3.8, 4) is 0 Å². The molecule has 1 fully saturated rings. The van der Waals surface area contributed by atoms with Crippen LogP contribution in [-0.2, 0) is 17.3 Å². The van der Waals surface area contributed by atoms with Crippen molar-refractivity contribution in [2.75, 3.05) is 4.43 Å². The van der Waals surface area contributed by atoms with Crippen LogP contribution in [0.5, 0.6) is 0 Å². The van der Waals surface area contributed by atoms with Gasteiger partial charge in [-0.15, -0.1) is 0 Å². The monoisotopic (exact) mass is 879 g/mol. The summed E-state index contributed by atoms with van der Waals surface area (Å²) >= 11 is -2.51. The molecule has 0 radical (unpaired) electrons. The number of hydrogen-bond donors (Lipinski definition) is 0. The van der Waals surface area contributed by atoms with Gasteiger partial charge in [0.05, 0.1) is 0 Å². The van der Waals surface area contributed by atoms with Gasteiger partial charge in [-0.3, -0.25) is 0 Å². The second-order valence-electron chi connectivity index (χ2n) is 13.6. The molecule has 0 aromatic heterocycles. The predicted octanol–water partition coefficient (Wildman–Crippen LogP) is 8.49. The topological polar surface area (TPSA) is 0 Å². The van der Waals surface area contributed by atoms with Crippen LogP contribution in [0.25, 0.3) is 0 Å². The van der Waals surface area contributed by atoms with Crippen LogP contribution in [0.2, 0.25) is 0 Å². The van der Waals surface area contributed by atoms with E-state index in [1.54, 1.807) is 14.7 Å². The fourth-order valence-corrected chi connectivity index (χ4v) is 35.0. The Kier molecular flexibility index (Phi) is 10.8. The first kappa shape index (κ1) is 31.8. The third-order valence-corrected chi connectivity index (χ3v) is 33.6. The summed E-state index contributed by atoms with van der Waals surface area (Å²) in [6.45, 7) is 19.7. The number of fused-ring (bicyclic) bond motifs is 3. The molecule has 2 heterocycles. The molecule has 2 atom stereocenters. The summed E-state index contributed by atoms with van der Waals surface area (Å²) in [5.41, 5.74) is 5.72. The Bertz CT molecular complexity index is 1150. The zero-order valence-electron chi connectivity index (χ0n) is 26.1. The average Bonchev–Trinajstić information content (AvgIpc) is 3.28. The van der Waals surface area contributed by atoms with E-state index in [1.165, 1.54) is 73.1 Å². The van der Waals surface area contributed by atoms with Crippen molar-refractivity contribution >= 4 is 39.6 Å². The molecule has 2 aromatic carbocycles. The normalized spacial score (nSPS) is 27.4. The summed E-state index contributed by atoms with van der Waals surface area (Å²) < 4.78 is 10.1. The number of alkyl halides is 5. The average molecular weight is 880 g/mol. The molecular weight excluding hydrogens is 825 g/mol. The van der Waals surface area contributed by atoms with E-state index in [0.717, 1.165) is 15.8 Å². The van der Waals surface area contributed by atoms with Gasteiger partial charge in [0.2, 0.25) is 0 Å². The van der Waals surface area contributed by atoms with Crippen molar-refractivity contribution in [2.45, 2.75) is 116 Å². The molecule has 5 rings (SSSR count). The molecule has 224 valence electrons. The van der Waals surface area contributed by atoms with Crippen molar-refractivity contribution in [1.29, 1.82) is 0 Å². The van der Waals surface area contributed by atoms with Gasteiger partial charge in [-0.2, -0.15) is 0 Å². The van der Waals surface area contributed by atoms with Gasteiger partial charge in [-0.05, 0) is 0 Å². The number of aryl methyl sites for hydroxylation is 1. The Morgan fingerprint density at radius 3 is 2.42 bits per heavy atom. The maximum absolute atomic E-state index is 4.60. The predicted molar refractivity (Wildman–Crippen MR) is 190 cm³/mol. The van der Waals surface area contributed by atoms with E-state index in [9.17, 15) is 0 Å².